The summed E-state index contributed by atoms with van der Waals surface area (Å²) in [5.41, 5.74) is 6.46. The van der Waals surface area contributed by atoms with Gasteiger partial charge in [0, 0.05) is 18.6 Å². The quantitative estimate of drug-likeness (QED) is 0.867. The van der Waals surface area contributed by atoms with Crippen LogP contribution in [0.25, 0.3) is 0 Å². The highest BCUT2D eigenvalue weighted by atomic mass is 15.5. The molecule has 1 heterocycles. The molecule has 20 heavy (non-hydrogen) atoms. The van der Waals surface area contributed by atoms with Crippen molar-refractivity contribution < 1.29 is 0 Å². The molecular formula is C18H30N2. The van der Waals surface area contributed by atoms with E-state index in [0.29, 0.717) is 12.1 Å². The summed E-state index contributed by atoms with van der Waals surface area (Å²) in [5.74, 6) is 0.731. The van der Waals surface area contributed by atoms with Crippen LogP contribution in [0.3, 0.4) is 0 Å². The molecule has 0 aromatic heterocycles. The molecule has 0 saturated carbocycles. The first-order valence-electron chi connectivity index (χ1n) is 8.16. The van der Waals surface area contributed by atoms with Crippen LogP contribution in [0.1, 0.15) is 58.1 Å². The summed E-state index contributed by atoms with van der Waals surface area (Å²) in [6.07, 6.45) is 5.16. The van der Waals surface area contributed by atoms with Crippen LogP contribution in [-0.4, -0.2) is 17.1 Å². The molecule has 0 aliphatic carbocycles. The summed E-state index contributed by atoms with van der Waals surface area (Å²) in [6, 6.07) is 10.4. The molecule has 0 spiro atoms. The molecule has 2 heteroatoms. The topological polar surface area (TPSA) is 15.3 Å². The lowest BCUT2D eigenvalue weighted by atomic mass is 9.99. The van der Waals surface area contributed by atoms with E-state index in [1.54, 1.807) is 0 Å². The Kier molecular flexibility index (Phi) is 5.62. The molecule has 2 atom stereocenters. The van der Waals surface area contributed by atoms with Crippen LogP contribution < -0.4 is 5.43 Å². The normalized spacial score (nSPS) is 24.2. The van der Waals surface area contributed by atoms with Gasteiger partial charge >= 0.3 is 0 Å². The third-order valence-electron chi connectivity index (χ3n) is 4.33. The molecule has 1 N–H and O–H groups in total. The molecule has 1 aliphatic heterocycles. The van der Waals surface area contributed by atoms with Crippen molar-refractivity contribution >= 4 is 0 Å². The first-order chi connectivity index (χ1) is 9.56. The van der Waals surface area contributed by atoms with E-state index in [4.69, 9.17) is 0 Å². The maximum atomic E-state index is 3.63. The second kappa shape index (κ2) is 7.24. The van der Waals surface area contributed by atoms with E-state index in [9.17, 15) is 0 Å². The third-order valence-corrected chi connectivity index (χ3v) is 4.33. The molecule has 0 radical (unpaired) electrons. The highest BCUT2D eigenvalue weighted by Crippen LogP contribution is 2.20. The number of piperidine rings is 1. The summed E-state index contributed by atoms with van der Waals surface area (Å²) < 4.78 is 0. The predicted molar refractivity (Wildman–Crippen MR) is 86.4 cm³/mol. The van der Waals surface area contributed by atoms with Crippen molar-refractivity contribution in [3.63, 3.8) is 0 Å². The van der Waals surface area contributed by atoms with Crippen molar-refractivity contribution in [2.75, 3.05) is 0 Å². The van der Waals surface area contributed by atoms with Gasteiger partial charge in [-0.25, -0.2) is 5.01 Å². The van der Waals surface area contributed by atoms with E-state index >= 15 is 0 Å². The van der Waals surface area contributed by atoms with E-state index in [1.165, 1.54) is 36.8 Å². The van der Waals surface area contributed by atoms with E-state index in [-0.39, 0.29) is 0 Å². The van der Waals surface area contributed by atoms with Crippen molar-refractivity contribution in [1.82, 2.24) is 10.4 Å². The summed E-state index contributed by atoms with van der Waals surface area (Å²) in [7, 11) is 0. The highest BCUT2D eigenvalue weighted by Gasteiger charge is 2.23. The molecule has 2 unspecified atom stereocenters. The van der Waals surface area contributed by atoms with Gasteiger partial charge in [0.1, 0.15) is 0 Å². The largest absolute Gasteiger partial charge is 0.250 e. The molecule has 0 amide bonds. The standard InChI is InChI=1S/C18H30N2/c1-14(2)12-17-8-10-18(11-9-17)13-19-20-15(3)6-5-7-16(20)4/h8-11,14-16,19H,5-7,12-13H2,1-4H3. The lowest BCUT2D eigenvalue weighted by Gasteiger charge is -2.39. The maximum absolute atomic E-state index is 3.63. The van der Waals surface area contributed by atoms with Crippen LogP contribution in [0.15, 0.2) is 24.3 Å². The molecule has 112 valence electrons. The van der Waals surface area contributed by atoms with Crippen molar-refractivity contribution in [3.8, 4) is 0 Å². The Bertz CT molecular complexity index is 386. The minimum Gasteiger partial charge on any atom is -0.250 e. The van der Waals surface area contributed by atoms with Gasteiger partial charge < -0.3 is 0 Å². The molecule has 1 fully saturated rings. The van der Waals surface area contributed by atoms with Crippen LogP contribution in [0.5, 0.6) is 0 Å². The number of hydrogen-bond donors (Lipinski definition) is 1. The molecule has 1 saturated heterocycles. The number of hydrazine groups is 1. The minimum absolute atomic E-state index is 0.652. The Morgan fingerprint density at radius 1 is 1.05 bits per heavy atom. The second-order valence-corrected chi connectivity index (χ2v) is 6.79. The van der Waals surface area contributed by atoms with Crippen molar-refractivity contribution in [1.29, 1.82) is 0 Å². The van der Waals surface area contributed by atoms with Gasteiger partial charge in [0.15, 0.2) is 0 Å². The van der Waals surface area contributed by atoms with Crippen LogP contribution in [0.2, 0.25) is 0 Å². The fourth-order valence-electron chi connectivity index (χ4n) is 3.18. The van der Waals surface area contributed by atoms with E-state index < -0.39 is 0 Å². The molecule has 1 aromatic carbocycles. The number of benzene rings is 1. The first-order valence-corrected chi connectivity index (χ1v) is 8.16. The minimum atomic E-state index is 0.652. The predicted octanol–water partition coefficient (Wildman–Crippen LogP) is 4.15. The van der Waals surface area contributed by atoms with E-state index in [0.717, 1.165) is 12.5 Å². The van der Waals surface area contributed by atoms with Gasteiger partial charge in [-0.1, -0.05) is 44.5 Å². The zero-order valence-electron chi connectivity index (χ0n) is 13.5. The Hall–Kier alpha value is -0.860. The molecule has 2 rings (SSSR count). The molecule has 2 nitrogen and oxygen atoms in total. The number of rotatable bonds is 5. The average molecular weight is 274 g/mol. The lowest BCUT2D eigenvalue weighted by Crippen LogP contribution is -2.51. The van der Waals surface area contributed by atoms with E-state index in [2.05, 4.69) is 62.4 Å². The van der Waals surface area contributed by atoms with Gasteiger partial charge in [-0.15, -0.1) is 0 Å². The summed E-state index contributed by atoms with van der Waals surface area (Å²) in [6.45, 7) is 10.1. The van der Waals surface area contributed by atoms with Gasteiger partial charge in [0.05, 0.1) is 0 Å². The van der Waals surface area contributed by atoms with Gasteiger partial charge in [0.25, 0.3) is 0 Å². The van der Waals surface area contributed by atoms with E-state index in [1.807, 2.05) is 0 Å². The van der Waals surface area contributed by atoms with Crippen molar-refractivity contribution in [3.05, 3.63) is 35.4 Å². The third kappa shape index (κ3) is 4.32. The monoisotopic (exact) mass is 274 g/mol. The zero-order chi connectivity index (χ0) is 14.5. The second-order valence-electron chi connectivity index (χ2n) is 6.79. The highest BCUT2D eigenvalue weighted by molar-refractivity contribution is 5.22. The Labute approximate surface area is 124 Å². The van der Waals surface area contributed by atoms with Gasteiger partial charge in [-0.3, -0.25) is 5.43 Å². The van der Waals surface area contributed by atoms with Gasteiger partial charge in [-0.2, -0.15) is 0 Å². The van der Waals surface area contributed by atoms with Crippen molar-refractivity contribution in [2.45, 2.75) is 72.0 Å². The van der Waals surface area contributed by atoms with Crippen molar-refractivity contribution in [2.24, 2.45) is 5.92 Å². The Morgan fingerprint density at radius 2 is 1.60 bits per heavy atom. The fraction of sp³-hybridized carbons (Fsp3) is 0.667. The van der Waals surface area contributed by atoms with Gasteiger partial charge in [0.2, 0.25) is 0 Å². The summed E-state index contributed by atoms with van der Waals surface area (Å²) in [4.78, 5) is 0. The van der Waals surface area contributed by atoms with Crippen LogP contribution in [-0.2, 0) is 13.0 Å². The van der Waals surface area contributed by atoms with Crippen LogP contribution in [0, 0.1) is 5.92 Å². The number of nitrogens with zero attached hydrogens (tertiary/aromatic N) is 1. The first kappa shape index (κ1) is 15.5. The zero-order valence-corrected chi connectivity index (χ0v) is 13.5. The average Bonchev–Trinajstić information content (AvgIpc) is 2.39. The lowest BCUT2D eigenvalue weighted by molar-refractivity contribution is 0.0435. The Morgan fingerprint density at radius 3 is 2.15 bits per heavy atom. The summed E-state index contributed by atoms with van der Waals surface area (Å²) in [5, 5.41) is 2.45. The number of nitrogens with one attached hydrogen (secondary N) is 1. The molecule has 1 aromatic rings. The van der Waals surface area contributed by atoms with Crippen LogP contribution >= 0.6 is 0 Å². The SMILES string of the molecule is CC(C)Cc1ccc(CNN2C(C)CCCC2C)cc1. The maximum Gasteiger partial charge on any atom is 0.0353 e. The molecule has 0 bridgehead atoms. The smallest absolute Gasteiger partial charge is 0.0353 e. The fourth-order valence-corrected chi connectivity index (χ4v) is 3.18. The molecular weight excluding hydrogens is 244 g/mol. The van der Waals surface area contributed by atoms with Crippen LogP contribution in [0.4, 0.5) is 0 Å². The van der Waals surface area contributed by atoms with Gasteiger partial charge in [-0.05, 0) is 50.2 Å². The summed E-state index contributed by atoms with van der Waals surface area (Å²) >= 11 is 0. The Balaban J connectivity index is 1.87. The number of hydrogen-bond acceptors (Lipinski definition) is 2. The molecule has 1 aliphatic rings.